The van der Waals surface area contributed by atoms with Gasteiger partial charge in [0.15, 0.2) is 0 Å². The van der Waals surface area contributed by atoms with Crippen molar-refractivity contribution in [2.45, 2.75) is 12.8 Å². The molecule has 0 heteroatoms. The van der Waals surface area contributed by atoms with Crippen LogP contribution in [0.25, 0.3) is 76.5 Å². The summed E-state index contributed by atoms with van der Waals surface area (Å²) in [7, 11) is 0. The molecule has 0 saturated carbocycles. The highest BCUT2D eigenvalue weighted by Gasteiger charge is 2.23. The van der Waals surface area contributed by atoms with Crippen LogP contribution in [0, 0.1) is 0 Å². The van der Waals surface area contributed by atoms with Crippen LogP contribution in [-0.2, 0) is 12.8 Å². The largest absolute Gasteiger partial charge is 0.0620 e. The van der Waals surface area contributed by atoms with E-state index in [0.717, 1.165) is 12.8 Å². The lowest BCUT2D eigenvalue weighted by atomic mass is 9.78. The molecule has 0 fully saturated rings. The van der Waals surface area contributed by atoms with Gasteiger partial charge in [0.05, 0.1) is 0 Å². The minimum atomic E-state index is 1.06. The van der Waals surface area contributed by atoms with Gasteiger partial charge in [0.25, 0.3) is 0 Å². The second kappa shape index (κ2) is 9.16. The first-order valence-corrected chi connectivity index (χ1v) is 14.9. The predicted octanol–water partition coefficient (Wildman–Crippen LogP) is 11.4. The van der Waals surface area contributed by atoms with Gasteiger partial charge in [-0.2, -0.15) is 0 Å². The highest BCUT2D eigenvalue weighted by atomic mass is 14.3. The van der Waals surface area contributed by atoms with E-state index in [1.165, 1.54) is 87.6 Å². The molecule has 8 aromatic rings. The number of rotatable bonds is 2. The average Bonchev–Trinajstić information content (AvgIpc) is 3.06. The summed E-state index contributed by atoms with van der Waals surface area (Å²) < 4.78 is 0. The summed E-state index contributed by atoms with van der Waals surface area (Å²) in [5.74, 6) is 0. The zero-order valence-corrected chi connectivity index (χ0v) is 23.3. The molecule has 0 N–H and O–H groups in total. The Bertz CT molecular complexity index is 2290. The summed E-state index contributed by atoms with van der Waals surface area (Å²) in [6.07, 6.45) is 2.15. The molecule has 0 spiro atoms. The van der Waals surface area contributed by atoms with Crippen LogP contribution in [0.5, 0.6) is 0 Å². The summed E-state index contributed by atoms with van der Waals surface area (Å²) in [4.78, 5) is 0. The van der Waals surface area contributed by atoms with Gasteiger partial charge < -0.3 is 0 Å². The standard InChI is InChI=1S/C42H28/c1-3-15-30-27(12-1)14-11-23-33(30)41-35-19-7-9-21-37(35)42(38-22-10-8-20-36(38)41)39-26-29-25-24-28-13-2-4-16-31(28)40(29)34-18-6-5-17-32(34)39/h1-23,26H,24-25H2. The topological polar surface area (TPSA) is 0 Å². The molecule has 8 aromatic carbocycles. The molecule has 0 radical (unpaired) electrons. The minimum absolute atomic E-state index is 1.06. The van der Waals surface area contributed by atoms with Crippen molar-refractivity contribution in [1.29, 1.82) is 0 Å². The molecule has 9 rings (SSSR count). The zero-order valence-electron chi connectivity index (χ0n) is 23.3. The van der Waals surface area contributed by atoms with E-state index < -0.39 is 0 Å². The van der Waals surface area contributed by atoms with Gasteiger partial charge in [-0.3, -0.25) is 0 Å². The first-order valence-electron chi connectivity index (χ1n) is 14.9. The number of aryl methyl sites for hydroxylation is 2. The predicted molar refractivity (Wildman–Crippen MR) is 180 cm³/mol. The monoisotopic (exact) mass is 532 g/mol. The fourth-order valence-corrected chi connectivity index (χ4v) is 7.56. The molecule has 1 aliphatic carbocycles. The van der Waals surface area contributed by atoms with Crippen LogP contribution >= 0.6 is 0 Å². The smallest absolute Gasteiger partial charge is 0.00200 e. The van der Waals surface area contributed by atoms with Crippen LogP contribution in [0.3, 0.4) is 0 Å². The van der Waals surface area contributed by atoms with Crippen LogP contribution < -0.4 is 0 Å². The number of benzene rings is 8. The molecule has 0 unspecified atom stereocenters. The van der Waals surface area contributed by atoms with Crippen molar-refractivity contribution in [2.75, 3.05) is 0 Å². The van der Waals surface area contributed by atoms with Crippen LogP contribution in [-0.4, -0.2) is 0 Å². The molecule has 0 atom stereocenters. The number of fused-ring (bicyclic) bond motifs is 8. The van der Waals surface area contributed by atoms with E-state index in [2.05, 4.69) is 146 Å². The van der Waals surface area contributed by atoms with Gasteiger partial charge in [-0.15, -0.1) is 0 Å². The highest BCUT2D eigenvalue weighted by Crippen LogP contribution is 2.49. The van der Waals surface area contributed by atoms with E-state index >= 15 is 0 Å². The van der Waals surface area contributed by atoms with Gasteiger partial charge in [0.2, 0.25) is 0 Å². The van der Waals surface area contributed by atoms with Crippen LogP contribution in [0.2, 0.25) is 0 Å². The van der Waals surface area contributed by atoms with Crippen molar-refractivity contribution >= 4 is 43.1 Å². The molecule has 0 saturated heterocycles. The normalized spacial score (nSPS) is 12.6. The molecule has 0 heterocycles. The molecular formula is C42H28. The molecule has 1 aliphatic rings. The Labute approximate surface area is 245 Å². The summed E-state index contributed by atoms with van der Waals surface area (Å²) in [6.45, 7) is 0. The van der Waals surface area contributed by atoms with Crippen molar-refractivity contribution < 1.29 is 0 Å². The van der Waals surface area contributed by atoms with E-state index in [0.29, 0.717) is 0 Å². The van der Waals surface area contributed by atoms with Crippen LogP contribution in [0.15, 0.2) is 146 Å². The lowest BCUT2D eigenvalue weighted by Crippen LogP contribution is -2.05. The first kappa shape index (κ1) is 23.5. The summed E-state index contributed by atoms with van der Waals surface area (Å²) in [6, 6.07) is 54.1. The first-order chi connectivity index (χ1) is 20.9. The van der Waals surface area contributed by atoms with Crippen LogP contribution in [0.1, 0.15) is 11.1 Å². The Morgan fingerprint density at radius 3 is 1.43 bits per heavy atom. The van der Waals surface area contributed by atoms with Crippen molar-refractivity contribution in [1.82, 2.24) is 0 Å². The zero-order chi connectivity index (χ0) is 27.6. The van der Waals surface area contributed by atoms with E-state index in [1.54, 1.807) is 0 Å². The van der Waals surface area contributed by atoms with Gasteiger partial charge in [0, 0.05) is 0 Å². The molecule has 0 nitrogen and oxygen atoms in total. The third-order valence-electron chi connectivity index (χ3n) is 9.34. The fourth-order valence-electron chi connectivity index (χ4n) is 7.56. The maximum Gasteiger partial charge on any atom is -0.00200 e. The average molecular weight is 533 g/mol. The van der Waals surface area contributed by atoms with E-state index in [4.69, 9.17) is 0 Å². The molecule has 42 heavy (non-hydrogen) atoms. The highest BCUT2D eigenvalue weighted by molar-refractivity contribution is 6.25. The second-order valence-electron chi connectivity index (χ2n) is 11.5. The van der Waals surface area contributed by atoms with Gasteiger partial charge >= 0.3 is 0 Å². The van der Waals surface area contributed by atoms with E-state index in [9.17, 15) is 0 Å². The molecule has 0 aromatic heterocycles. The quantitative estimate of drug-likeness (QED) is 0.194. The fraction of sp³-hybridized carbons (Fsp3) is 0.0476. The Morgan fingerprint density at radius 2 is 0.738 bits per heavy atom. The molecular weight excluding hydrogens is 504 g/mol. The van der Waals surface area contributed by atoms with Gasteiger partial charge in [-0.05, 0) is 107 Å². The third-order valence-corrected chi connectivity index (χ3v) is 9.34. The maximum atomic E-state index is 2.51. The molecule has 0 bridgehead atoms. The van der Waals surface area contributed by atoms with Crippen molar-refractivity contribution in [2.24, 2.45) is 0 Å². The second-order valence-corrected chi connectivity index (χ2v) is 11.5. The Morgan fingerprint density at radius 1 is 0.286 bits per heavy atom. The Balaban J connectivity index is 1.44. The summed E-state index contributed by atoms with van der Waals surface area (Å²) in [5, 5.41) is 10.4. The van der Waals surface area contributed by atoms with Gasteiger partial charge in [-0.25, -0.2) is 0 Å². The third kappa shape index (κ3) is 3.36. The maximum absolute atomic E-state index is 2.51. The number of hydrogen-bond acceptors (Lipinski definition) is 0. The lowest BCUT2D eigenvalue weighted by Gasteiger charge is -2.25. The number of hydrogen-bond donors (Lipinski definition) is 0. The minimum Gasteiger partial charge on any atom is -0.0620 e. The summed E-state index contributed by atoms with van der Waals surface area (Å²) >= 11 is 0. The van der Waals surface area contributed by atoms with Crippen molar-refractivity contribution in [3.63, 3.8) is 0 Å². The van der Waals surface area contributed by atoms with Gasteiger partial charge in [-0.1, -0.05) is 140 Å². The molecule has 0 aliphatic heterocycles. The van der Waals surface area contributed by atoms with Crippen LogP contribution in [0.4, 0.5) is 0 Å². The SMILES string of the molecule is c1ccc2c(c1)CCc1cc(-c3c4ccccc4c(-c4cccc5ccccc45)c4ccccc34)c3ccccc3c1-2. The van der Waals surface area contributed by atoms with E-state index in [1.807, 2.05) is 0 Å². The summed E-state index contributed by atoms with van der Waals surface area (Å²) in [5.41, 5.74) is 11.0. The lowest BCUT2D eigenvalue weighted by molar-refractivity contribution is 0.945. The molecule has 0 amide bonds. The molecule has 196 valence electrons. The van der Waals surface area contributed by atoms with Crippen molar-refractivity contribution in [3.8, 4) is 33.4 Å². The van der Waals surface area contributed by atoms with E-state index in [-0.39, 0.29) is 0 Å². The Hall–Kier alpha value is -5.20. The Kier molecular flexibility index (Phi) is 5.12. The van der Waals surface area contributed by atoms with Gasteiger partial charge in [0.1, 0.15) is 0 Å². The van der Waals surface area contributed by atoms with Crippen molar-refractivity contribution in [3.05, 3.63) is 157 Å².